The molecule has 2 rings (SSSR count). The monoisotopic (exact) mass is 248 g/mol. The van der Waals surface area contributed by atoms with Crippen LogP contribution in [0.25, 0.3) is 0 Å². The molecule has 0 N–H and O–H groups in total. The smallest absolute Gasteiger partial charge is 0.192 e. The van der Waals surface area contributed by atoms with E-state index in [2.05, 4.69) is 58.1 Å². The van der Waals surface area contributed by atoms with Crippen LogP contribution in [0.2, 0.25) is 18.1 Å². The fourth-order valence-corrected chi connectivity index (χ4v) is 3.48. The van der Waals surface area contributed by atoms with Crippen LogP contribution in [0.3, 0.4) is 0 Å². The Bertz CT molecular complexity index is 404. The summed E-state index contributed by atoms with van der Waals surface area (Å²) in [6.45, 7) is 11.6. The summed E-state index contributed by atoms with van der Waals surface area (Å²) < 4.78 is 6.53. The van der Waals surface area contributed by atoms with Gasteiger partial charge in [-0.2, -0.15) is 0 Å². The summed E-state index contributed by atoms with van der Waals surface area (Å²) in [6.07, 6.45) is 2.67. The molecular formula is C15H24OSi. The Balaban J connectivity index is 2.18. The molecule has 0 aromatic heterocycles. The van der Waals surface area contributed by atoms with E-state index >= 15 is 0 Å². The third-order valence-corrected chi connectivity index (χ3v) is 8.81. The van der Waals surface area contributed by atoms with Crippen molar-refractivity contribution in [3.8, 4) is 0 Å². The predicted molar refractivity (Wildman–Crippen MR) is 75.8 cm³/mol. The van der Waals surface area contributed by atoms with Crippen LogP contribution < -0.4 is 0 Å². The van der Waals surface area contributed by atoms with Gasteiger partial charge in [0.05, 0.1) is 6.10 Å². The molecular weight excluding hydrogens is 224 g/mol. The first-order chi connectivity index (χ1) is 7.81. The zero-order valence-electron chi connectivity index (χ0n) is 11.7. The Morgan fingerprint density at radius 2 is 1.82 bits per heavy atom. The van der Waals surface area contributed by atoms with Crippen LogP contribution in [-0.2, 0) is 10.8 Å². The lowest BCUT2D eigenvalue weighted by Gasteiger charge is -2.38. The molecule has 2 heteroatoms. The van der Waals surface area contributed by atoms with Gasteiger partial charge in [-0.05, 0) is 42.1 Å². The predicted octanol–water partition coefficient (Wildman–Crippen LogP) is 4.70. The van der Waals surface area contributed by atoms with Crippen LogP contribution in [0, 0.1) is 0 Å². The number of hydrogen-bond acceptors (Lipinski definition) is 1. The molecule has 94 valence electrons. The highest BCUT2D eigenvalue weighted by atomic mass is 28.4. The SMILES string of the molecule is CC(C)(C)[Si](C)(C)O[C@@H]1CCc2ccccc21. The van der Waals surface area contributed by atoms with Gasteiger partial charge < -0.3 is 4.43 Å². The molecule has 0 spiro atoms. The molecule has 0 fully saturated rings. The minimum Gasteiger partial charge on any atom is -0.410 e. The van der Waals surface area contributed by atoms with E-state index < -0.39 is 8.32 Å². The zero-order chi connectivity index (χ0) is 12.7. The summed E-state index contributed by atoms with van der Waals surface area (Å²) in [5, 5.41) is 0.296. The summed E-state index contributed by atoms with van der Waals surface area (Å²) in [7, 11) is -1.64. The second-order valence-electron chi connectivity index (χ2n) is 6.60. The van der Waals surface area contributed by atoms with Crippen LogP contribution in [0.4, 0.5) is 0 Å². The third kappa shape index (κ3) is 2.48. The van der Waals surface area contributed by atoms with Crippen LogP contribution in [-0.4, -0.2) is 8.32 Å². The van der Waals surface area contributed by atoms with Crippen molar-refractivity contribution in [2.75, 3.05) is 0 Å². The van der Waals surface area contributed by atoms with Crippen molar-refractivity contribution in [3.63, 3.8) is 0 Å². The van der Waals surface area contributed by atoms with E-state index in [1.807, 2.05) is 0 Å². The molecule has 0 heterocycles. The van der Waals surface area contributed by atoms with Gasteiger partial charge in [0.25, 0.3) is 0 Å². The molecule has 0 aliphatic heterocycles. The highest BCUT2D eigenvalue weighted by Gasteiger charge is 2.40. The lowest BCUT2D eigenvalue weighted by Crippen LogP contribution is -2.41. The van der Waals surface area contributed by atoms with Gasteiger partial charge in [-0.1, -0.05) is 45.0 Å². The molecule has 1 nitrogen and oxygen atoms in total. The third-order valence-electron chi connectivity index (χ3n) is 4.32. The fraction of sp³-hybridized carbons (Fsp3) is 0.600. The van der Waals surface area contributed by atoms with Crippen molar-refractivity contribution < 1.29 is 4.43 Å². The van der Waals surface area contributed by atoms with Gasteiger partial charge in [0.2, 0.25) is 0 Å². The summed E-state index contributed by atoms with van der Waals surface area (Å²) >= 11 is 0. The van der Waals surface area contributed by atoms with Crippen LogP contribution in [0.5, 0.6) is 0 Å². The molecule has 0 amide bonds. The zero-order valence-corrected chi connectivity index (χ0v) is 12.7. The van der Waals surface area contributed by atoms with E-state index in [1.54, 1.807) is 0 Å². The lowest BCUT2D eigenvalue weighted by atomic mass is 10.1. The molecule has 0 bridgehead atoms. The minimum atomic E-state index is -1.64. The Kier molecular flexibility index (Phi) is 3.21. The molecule has 0 saturated heterocycles. The van der Waals surface area contributed by atoms with E-state index in [-0.39, 0.29) is 0 Å². The Morgan fingerprint density at radius 3 is 2.47 bits per heavy atom. The fourth-order valence-electron chi connectivity index (χ4n) is 2.17. The summed E-state index contributed by atoms with van der Waals surface area (Å²) in [4.78, 5) is 0. The van der Waals surface area contributed by atoms with E-state index in [1.165, 1.54) is 17.5 Å². The molecule has 1 aliphatic rings. The van der Waals surface area contributed by atoms with Gasteiger partial charge in [0.1, 0.15) is 0 Å². The van der Waals surface area contributed by atoms with E-state index in [4.69, 9.17) is 4.43 Å². The molecule has 1 atom stereocenters. The van der Waals surface area contributed by atoms with E-state index in [0.717, 1.165) is 6.42 Å². The summed E-state index contributed by atoms with van der Waals surface area (Å²) in [5.41, 5.74) is 2.91. The number of hydrogen-bond donors (Lipinski definition) is 0. The first kappa shape index (κ1) is 12.8. The average Bonchev–Trinajstić information content (AvgIpc) is 2.60. The maximum absolute atomic E-state index is 6.53. The molecule has 0 unspecified atom stereocenters. The normalized spacial score (nSPS) is 20.4. The van der Waals surface area contributed by atoms with E-state index in [9.17, 15) is 0 Å². The average molecular weight is 248 g/mol. The topological polar surface area (TPSA) is 9.23 Å². The standard InChI is InChI=1S/C15H24OSi/c1-15(2,3)17(4,5)16-14-11-10-12-8-6-7-9-13(12)14/h6-9,14H,10-11H2,1-5H3/t14-/m1/s1. The van der Waals surface area contributed by atoms with Crippen LogP contribution in [0.1, 0.15) is 44.4 Å². The lowest BCUT2D eigenvalue weighted by molar-refractivity contribution is 0.185. The second kappa shape index (κ2) is 4.25. The summed E-state index contributed by atoms with van der Waals surface area (Å²) in [5.74, 6) is 0. The van der Waals surface area contributed by atoms with Crippen molar-refractivity contribution >= 4 is 8.32 Å². The van der Waals surface area contributed by atoms with Crippen molar-refractivity contribution in [1.29, 1.82) is 0 Å². The number of rotatable bonds is 2. The van der Waals surface area contributed by atoms with Crippen molar-refractivity contribution in [2.24, 2.45) is 0 Å². The largest absolute Gasteiger partial charge is 0.410 e. The van der Waals surface area contributed by atoms with Crippen molar-refractivity contribution in [2.45, 2.75) is 57.8 Å². The first-order valence-corrected chi connectivity index (χ1v) is 9.48. The summed E-state index contributed by atoms with van der Waals surface area (Å²) in [6, 6.07) is 8.74. The van der Waals surface area contributed by atoms with Crippen molar-refractivity contribution in [3.05, 3.63) is 35.4 Å². The van der Waals surface area contributed by atoms with Gasteiger partial charge in [-0.25, -0.2) is 0 Å². The second-order valence-corrected chi connectivity index (χ2v) is 11.4. The highest BCUT2D eigenvalue weighted by molar-refractivity contribution is 6.74. The quantitative estimate of drug-likeness (QED) is 0.690. The first-order valence-electron chi connectivity index (χ1n) is 6.57. The van der Waals surface area contributed by atoms with Gasteiger partial charge in [0.15, 0.2) is 8.32 Å². The Morgan fingerprint density at radius 1 is 1.18 bits per heavy atom. The van der Waals surface area contributed by atoms with Gasteiger partial charge in [-0.3, -0.25) is 0 Å². The maximum atomic E-state index is 6.53. The molecule has 0 radical (unpaired) electrons. The molecule has 0 saturated carbocycles. The van der Waals surface area contributed by atoms with Gasteiger partial charge >= 0.3 is 0 Å². The Hall–Kier alpha value is -0.603. The highest BCUT2D eigenvalue weighted by Crippen LogP contribution is 2.43. The van der Waals surface area contributed by atoms with Gasteiger partial charge in [-0.15, -0.1) is 0 Å². The minimum absolute atomic E-state index is 0.296. The Labute approximate surface area is 106 Å². The van der Waals surface area contributed by atoms with Crippen LogP contribution >= 0.6 is 0 Å². The molecule has 1 aliphatic carbocycles. The number of aryl methyl sites for hydroxylation is 1. The van der Waals surface area contributed by atoms with Crippen molar-refractivity contribution in [1.82, 2.24) is 0 Å². The molecule has 1 aromatic carbocycles. The number of fused-ring (bicyclic) bond motifs is 1. The molecule has 1 aromatic rings. The van der Waals surface area contributed by atoms with Crippen LogP contribution in [0.15, 0.2) is 24.3 Å². The van der Waals surface area contributed by atoms with Gasteiger partial charge in [0, 0.05) is 0 Å². The van der Waals surface area contributed by atoms with E-state index in [0.29, 0.717) is 11.1 Å². The maximum Gasteiger partial charge on any atom is 0.192 e. The number of benzene rings is 1. The molecule has 17 heavy (non-hydrogen) atoms.